The molecular formula is C10H12N6O4S. The maximum Gasteiger partial charge on any atom is 0.270 e. The van der Waals surface area contributed by atoms with E-state index < -0.39 is 21.0 Å². The number of nitrogens with one attached hydrogen (secondary N) is 2. The van der Waals surface area contributed by atoms with E-state index >= 15 is 0 Å². The molecule has 1 aromatic heterocycles. The number of nitro benzene ring substituents is 1. The lowest BCUT2D eigenvalue weighted by Crippen LogP contribution is -2.28. The molecule has 21 heavy (non-hydrogen) atoms. The van der Waals surface area contributed by atoms with Crippen molar-refractivity contribution in [2.45, 2.75) is 17.9 Å². The van der Waals surface area contributed by atoms with Gasteiger partial charge in [-0.3, -0.25) is 15.2 Å². The summed E-state index contributed by atoms with van der Waals surface area (Å²) in [7, 11) is -4.04. The average molecular weight is 312 g/mol. The number of nitrogens with two attached hydrogens (primary N) is 1. The molecule has 0 bridgehead atoms. The molecule has 1 heterocycles. The van der Waals surface area contributed by atoms with Crippen LogP contribution in [0, 0.1) is 10.1 Å². The molecule has 0 amide bonds. The number of aromatic amines is 1. The van der Waals surface area contributed by atoms with Crippen molar-refractivity contribution >= 4 is 21.4 Å². The van der Waals surface area contributed by atoms with E-state index in [1.165, 1.54) is 12.4 Å². The Morgan fingerprint density at radius 2 is 2.19 bits per heavy atom. The molecule has 0 radical (unpaired) electrons. The van der Waals surface area contributed by atoms with Crippen LogP contribution < -0.4 is 10.5 Å². The zero-order valence-electron chi connectivity index (χ0n) is 10.8. The van der Waals surface area contributed by atoms with Crippen LogP contribution in [0.1, 0.15) is 18.8 Å². The van der Waals surface area contributed by atoms with Crippen LogP contribution in [0.2, 0.25) is 0 Å². The number of hydrogen-bond acceptors (Lipinski definition) is 7. The average Bonchev–Trinajstić information content (AvgIpc) is 2.92. The summed E-state index contributed by atoms with van der Waals surface area (Å²) >= 11 is 0. The Labute approximate surface area is 119 Å². The van der Waals surface area contributed by atoms with Gasteiger partial charge < -0.3 is 5.73 Å². The van der Waals surface area contributed by atoms with Crippen molar-refractivity contribution in [2.75, 3.05) is 5.73 Å². The second-order valence-electron chi connectivity index (χ2n) is 4.19. The fourth-order valence-corrected chi connectivity index (χ4v) is 3.00. The number of nitrogen functional groups attached to an aromatic ring is 1. The first-order valence-electron chi connectivity index (χ1n) is 5.73. The van der Waals surface area contributed by atoms with Gasteiger partial charge in [0.1, 0.15) is 17.0 Å². The molecule has 0 saturated carbocycles. The minimum absolute atomic E-state index is 0.0853. The van der Waals surface area contributed by atoms with Gasteiger partial charge in [-0.05, 0) is 13.0 Å². The molecule has 0 aliphatic heterocycles. The Hall–Kier alpha value is -2.53. The van der Waals surface area contributed by atoms with E-state index in [1.54, 1.807) is 6.92 Å². The summed E-state index contributed by atoms with van der Waals surface area (Å²) < 4.78 is 26.8. The van der Waals surface area contributed by atoms with E-state index in [1.807, 2.05) is 0 Å². The molecule has 11 heteroatoms. The number of aromatic nitrogens is 3. The number of anilines is 1. The number of nitro groups is 1. The van der Waals surface area contributed by atoms with Crippen molar-refractivity contribution in [2.24, 2.45) is 0 Å². The molecule has 1 aromatic carbocycles. The Morgan fingerprint density at radius 1 is 1.48 bits per heavy atom. The zero-order chi connectivity index (χ0) is 15.6. The third-order valence-electron chi connectivity index (χ3n) is 2.67. The molecule has 0 aliphatic carbocycles. The van der Waals surface area contributed by atoms with Gasteiger partial charge in [0.25, 0.3) is 5.69 Å². The minimum atomic E-state index is -4.04. The summed E-state index contributed by atoms with van der Waals surface area (Å²) in [5.74, 6) is 0.308. The lowest BCUT2D eigenvalue weighted by Gasteiger charge is -2.13. The van der Waals surface area contributed by atoms with Gasteiger partial charge in [0, 0.05) is 12.1 Å². The van der Waals surface area contributed by atoms with Gasteiger partial charge in [-0.2, -0.15) is 5.10 Å². The normalized spacial score (nSPS) is 13.0. The first-order chi connectivity index (χ1) is 9.81. The van der Waals surface area contributed by atoms with Crippen molar-refractivity contribution < 1.29 is 13.3 Å². The predicted molar refractivity (Wildman–Crippen MR) is 72.6 cm³/mol. The highest BCUT2D eigenvalue weighted by molar-refractivity contribution is 7.89. The molecule has 0 aliphatic rings. The van der Waals surface area contributed by atoms with Gasteiger partial charge in [0.15, 0.2) is 0 Å². The number of benzene rings is 1. The van der Waals surface area contributed by atoms with E-state index in [4.69, 9.17) is 5.73 Å². The van der Waals surface area contributed by atoms with Crippen LogP contribution in [0.3, 0.4) is 0 Å². The molecule has 2 rings (SSSR count). The van der Waals surface area contributed by atoms with Crippen LogP contribution in [-0.2, 0) is 10.0 Å². The maximum absolute atomic E-state index is 12.3. The summed E-state index contributed by atoms with van der Waals surface area (Å²) in [5, 5.41) is 16.9. The van der Waals surface area contributed by atoms with Gasteiger partial charge in [0.2, 0.25) is 10.0 Å². The number of non-ortho nitro benzene ring substituents is 1. The molecule has 10 nitrogen and oxygen atoms in total. The maximum atomic E-state index is 12.3. The van der Waals surface area contributed by atoms with E-state index in [0.29, 0.717) is 5.82 Å². The summed E-state index contributed by atoms with van der Waals surface area (Å²) in [5.41, 5.74) is 5.14. The minimum Gasteiger partial charge on any atom is -0.398 e. The smallest absolute Gasteiger partial charge is 0.270 e. The fourth-order valence-electron chi connectivity index (χ4n) is 1.64. The summed E-state index contributed by atoms with van der Waals surface area (Å²) in [4.78, 5) is 13.5. The number of rotatable bonds is 5. The standard InChI is InChI=1S/C10H12N6O4S/c1-6(10-12-5-13-14-10)15-21(19,20)9-4-7(16(17)18)2-3-8(9)11/h2-6,15H,11H2,1H3,(H,12,13,14). The third kappa shape index (κ3) is 3.14. The summed E-state index contributed by atoms with van der Waals surface area (Å²) in [6.45, 7) is 1.55. The number of hydrogen-bond donors (Lipinski definition) is 3. The van der Waals surface area contributed by atoms with Crippen LogP contribution in [0.4, 0.5) is 11.4 Å². The topological polar surface area (TPSA) is 157 Å². The molecular weight excluding hydrogens is 300 g/mol. The molecule has 4 N–H and O–H groups in total. The monoisotopic (exact) mass is 312 g/mol. The molecule has 1 atom stereocenters. The lowest BCUT2D eigenvalue weighted by atomic mass is 10.3. The second-order valence-corrected chi connectivity index (χ2v) is 5.88. The van der Waals surface area contributed by atoms with Gasteiger partial charge >= 0.3 is 0 Å². The van der Waals surface area contributed by atoms with Crippen molar-refractivity contribution in [3.05, 3.63) is 40.5 Å². The van der Waals surface area contributed by atoms with E-state index in [0.717, 1.165) is 12.1 Å². The second kappa shape index (κ2) is 5.46. The van der Waals surface area contributed by atoms with Gasteiger partial charge in [-0.1, -0.05) is 0 Å². The quantitative estimate of drug-likeness (QED) is 0.408. The van der Waals surface area contributed by atoms with Crippen LogP contribution in [0.15, 0.2) is 29.4 Å². The molecule has 0 saturated heterocycles. The highest BCUT2D eigenvalue weighted by Crippen LogP contribution is 2.25. The van der Waals surface area contributed by atoms with E-state index in [-0.39, 0.29) is 16.3 Å². The molecule has 0 spiro atoms. The fraction of sp³-hybridized carbons (Fsp3) is 0.200. The van der Waals surface area contributed by atoms with Gasteiger partial charge in [-0.15, -0.1) is 0 Å². The lowest BCUT2D eigenvalue weighted by molar-refractivity contribution is -0.385. The van der Waals surface area contributed by atoms with Crippen molar-refractivity contribution in [3.63, 3.8) is 0 Å². The first-order valence-corrected chi connectivity index (χ1v) is 7.21. The molecule has 0 fully saturated rings. The SMILES string of the molecule is CC(NS(=O)(=O)c1cc([N+](=O)[O-])ccc1N)c1ncn[nH]1. The number of sulfonamides is 1. The Bertz CT molecular complexity index is 758. The highest BCUT2D eigenvalue weighted by Gasteiger charge is 2.24. The van der Waals surface area contributed by atoms with Crippen molar-refractivity contribution in [1.82, 2.24) is 19.9 Å². The van der Waals surface area contributed by atoms with Gasteiger partial charge in [-0.25, -0.2) is 18.1 Å². The Kier molecular flexibility index (Phi) is 3.86. The summed E-state index contributed by atoms with van der Waals surface area (Å²) in [6, 6.07) is 2.52. The Balaban J connectivity index is 2.35. The molecule has 2 aromatic rings. The predicted octanol–water partition coefficient (Wildman–Crippen LogP) is 0.335. The van der Waals surface area contributed by atoms with Crippen LogP contribution in [-0.4, -0.2) is 28.5 Å². The zero-order valence-corrected chi connectivity index (χ0v) is 11.7. The van der Waals surface area contributed by atoms with Crippen LogP contribution in [0.25, 0.3) is 0 Å². The van der Waals surface area contributed by atoms with E-state index in [2.05, 4.69) is 19.9 Å². The van der Waals surface area contributed by atoms with Gasteiger partial charge in [0.05, 0.1) is 16.7 Å². The number of H-pyrrole nitrogens is 1. The van der Waals surface area contributed by atoms with E-state index in [9.17, 15) is 18.5 Å². The van der Waals surface area contributed by atoms with Crippen LogP contribution >= 0.6 is 0 Å². The Morgan fingerprint density at radius 3 is 2.76 bits per heavy atom. The van der Waals surface area contributed by atoms with Crippen molar-refractivity contribution in [3.8, 4) is 0 Å². The first kappa shape index (κ1) is 14.9. The third-order valence-corrected chi connectivity index (χ3v) is 4.27. The van der Waals surface area contributed by atoms with Crippen molar-refractivity contribution in [1.29, 1.82) is 0 Å². The number of nitrogens with zero attached hydrogens (tertiary/aromatic N) is 3. The summed E-state index contributed by atoms with van der Waals surface area (Å²) in [6.07, 6.45) is 1.24. The highest BCUT2D eigenvalue weighted by atomic mass is 32.2. The van der Waals surface area contributed by atoms with Crippen LogP contribution in [0.5, 0.6) is 0 Å². The largest absolute Gasteiger partial charge is 0.398 e. The molecule has 112 valence electrons. The molecule has 1 unspecified atom stereocenters.